The van der Waals surface area contributed by atoms with Gasteiger partial charge < -0.3 is 10.6 Å². The van der Waals surface area contributed by atoms with Crippen LogP contribution in [0.1, 0.15) is 23.3 Å². The largest absolute Gasteiger partial charge is 0.348 e. The lowest BCUT2D eigenvalue weighted by Gasteiger charge is -2.18. The monoisotopic (exact) mass is 332 g/mol. The van der Waals surface area contributed by atoms with E-state index in [-0.39, 0.29) is 23.3 Å². The van der Waals surface area contributed by atoms with Crippen molar-refractivity contribution in [2.45, 2.75) is 18.9 Å². The fourth-order valence-electron chi connectivity index (χ4n) is 3.81. The Morgan fingerprint density at radius 1 is 1.25 bits per heavy atom. The number of halogens is 2. The quantitative estimate of drug-likeness (QED) is 0.902. The highest BCUT2D eigenvalue weighted by Crippen LogP contribution is 2.34. The molecule has 1 saturated heterocycles. The topological polar surface area (TPSA) is 59.0 Å². The van der Waals surface area contributed by atoms with Crippen molar-refractivity contribution < 1.29 is 13.6 Å². The zero-order valence-corrected chi connectivity index (χ0v) is 13.0. The molecule has 1 aliphatic carbocycles. The normalized spacial score (nSPS) is 25.7. The summed E-state index contributed by atoms with van der Waals surface area (Å²) in [5.74, 6) is -0.324. The van der Waals surface area contributed by atoms with Crippen LogP contribution in [0.15, 0.2) is 30.5 Å². The molecule has 1 aromatic heterocycles. The maximum Gasteiger partial charge on any atom is 0.272 e. The number of aromatic nitrogens is 2. The lowest BCUT2D eigenvalue weighted by atomic mass is 9.98. The molecule has 24 heavy (non-hydrogen) atoms. The Bertz CT molecular complexity index is 776. The number of nitrogens with zero attached hydrogens (tertiary/aromatic N) is 2. The Kier molecular flexibility index (Phi) is 3.80. The van der Waals surface area contributed by atoms with Gasteiger partial charge in [0.25, 0.3) is 5.91 Å². The molecule has 2 fully saturated rings. The molecule has 5 nitrogen and oxygen atoms in total. The van der Waals surface area contributed by atoms with Crippen LogP contribution < -0.4 is 10.6 Å². The van der Waals surface area contributed by atoms with Crippen molar-refractivity contribution in [2.24, 2.45) is 11.8 Å². The Labute approximate surface area is 138 Å². The molecule has 1 saturated carbocycles. The van der Waals surface area contributed by atoms with Gasteiger partial charge in [-0.15, -0.1) is 0 Å². The molecule has 0 spiro atoms. The second-order valence-electron chi connectivity index (χ2n) is 6.48. The third-order valence-corrected chi connectivity index (χ3v) is 5.05. The Morgan fingerprint density at radius 3 is 3.00 bits per heavy atom. The van der Waals surface area contributed by atoms with Crippen molar-refractivity contribution in [1.29, 1.82) is 0 Å². The summed E-state index contributed by atoms with van der Waals surface area (Å²) in [5.41, 5.74) is 0.183. The number of amides is 1. The molecule has 1 aromatic carbocycles. The highest BCUT2D eigenvalue weighted by atomic mass is 19.1. The molecule has 1 aliphatic heterocycles. The van der Waals surface area contributed by atoms with Crippen molar-refractivity contribution in [3.05, 3.63) is 47.8 Å². The minimum Gasteiger partial charge on any atom is -0.348 e. The second-order valence-corrected chi connectivity index (χ2v) is 6.48. The van der Waals surface area contributed by atoms with E-state index in [1.807, 2.05) is 0 Å². The summed E-state index contributed by atoms with van der Waals surface area (Å²) in [5, 5.41) is 10.5. The van der Waals surface area contributed by atoms with E-state index in [9.17, 15) is 13.6 Å². The lowest BCUT2D eigenvalue weighted by Crippen LogP contribution is -2.39. The van der Waals surface area contributed by atoms with Crippen LogP contribution in [0.2, 0.25) is 0 Å². The molecule has 0 radical (unpaired) electrons. The van der Waals surface area contributed by atoms with Crippen molar-refractivity contribution in [3.8, 4) is 5.69 Å². The van der Waals surface area contributed by atoms with Gasteiger partial charge in [-0.3, -0.25) is 4.79 Å². The first kappa shape index (κ1) is 15.3. The fourth-order valence-corrected chi connectivity index (χ4v) is 3.81. The molecular formula is C17H18F2N4O. The van der Waals surface area contributed by atoms with Crippen LogP contribution in [-0.2, 0) is 0 Å². The van der Waals surface area contributed by atoms with E-state index in [2.05, 4.69) is 15.7 Å². The standard InChI is InChI=1S/C17H18F2N4O/c18-11-2-3-13(19)16(7-11)23-6-5-15(22-23)17(24)21-14-4-1-10-8-20-9-12(10)14/h2-3,5-7,10,12,14,20H,1,4,8-9H2,(H,21,24). The van der Waals surface area contributed by atoms with Crippen molar-refractivity contribution >= 4 is 5.91 Å². The zero-order chi connectivity index (χ0) is 16.7. The van der Waals surface area contributed by atoms with Crippen LogP contribution in [0.3, 0.4) is 0 Å². The number of carbonyl (C=O) groups is 1. The summed E-state index contributed by atoms with van der Waals surface area (Å²) in [6.07, 6.45) is 3.55. The summed E-state index contributed by atoms with van der Waals surface area (Å²) < 4.78 is 28.3. The predicted molar refractivity (Wildman–Crippen MR) is 83.8 cm³/mol. The van der Waals surface area contributed by atoms with Crippen LogP contribution >= 0.6 is 0 Å². The number of hydrogen-bond donors (Lipinski definition) is 2. The van der Waals surface area contributed by atoms with Gasteiger partial charge in [-0.25, -0.2) is 13.5 Å². The molecule has 2 N–H and O–H groups in total. The summed E-state index contributed by atoms with van der Waals surface area (Å²) in [4.78, 5) is 12.4. The number of carbonyl (C=O) groups excluding carboxylic acids is 1. The highest BCUT2D eigenvalue weighted by Gasteiger charge is 2.39. The number of benzene rings is 1. The van der Waals surface area contributed by atoms with Crippen LogP contribution in [0.25, 0.3) is 5.69 Å². The van der Waals surface area contributed by atoms with Crippen molar-refractivity contribution in [3.63, 3.8) is 0 Å². The van der Waals surface area contributed by atoms with Crippen LogP contribution in [-0.4, -0.2) is 34.8 Å². The number of fused-ring (bicyclic) bond motifs is 1. The van der Waals surface area contributed by atoms with E-state index in [4.69, 9.17) is 0 Å². The van der Waals surface area contributed by atoms with Gasteiger partial charge in [-0.05, 0) is 49.4 Å². The second kappa shape index (κ2) is 5.98. The Morgan fingerprint density at radius 2 is 2.12 bits per heavy atom. The maximum atomic E-state index is 13.8. The van der Waals surface area contributed by atoms with Crippen LogP contribution in [0.5, 0.6) is 0 Å². The summed E-state index contributed by atoms with van der Waals surface area (Å²) in [6.45, 7) is 1.95. The van der Waals surface area contributed by atoms with Crippen molar-refractivity contribution in [2.75, 3.05) is 13.1 Å². The molecule has 0 bridgehead atoms. The third kappa shape index (κ3) is 2.69. The van der Waals surface area contributed by atoms with Gasteiger partial charge in [0.2, 0.25) is 0 Å². The molecule has 3 atom stereocenters. The number of rotatable bonds is 3. The number of nitrogens with one attached hydrogen (secondary N) is 2. The van der Waals surface area contributed by atoms with E-state index in [1.54, 1.807) is 0 Å². The molecule has 7 heteroatoms. The van der Waals surface area contributed by atoms with E-state index in [0.29, 0.717) is 11.8 Å². The van der Waals surface area contributed by atoms with E-state index in [1.165, 1.54) is 16.9 Å². The molecule has 1 amide bonds. The molecule has 126 valence electrons. The van der Waals surface area contributed by atoms with Crippen LogP contribution in [0.4, 0.5) is 8.78 Å². The summed E-state index contributed by atoms with van der Waals surface area (Å²) in [7, 11) is 0. The molecule has 2 aliphatic rings. The zero-order valence-electron chi connectivity index (χ0n) is 13.0. The average Bonchev–Trinajstić information content (AvgIpc) is 3.27. The molecule has 2 aromatic rings. The van der Waals surface area contributed by atoms with Gasteiger partial charge >= 0.3 is 0 Å². The minimum atomic E-state index is -0.595. The first-order valence-corrected chi connectivity index (χ1v) is 8.14. The van der Waals surface area contributed by atoms with Gasteiger partial charge in [0.05, 0.1) is 0 Å². The smallest absolute Gasteiger partial charge is 0.272 e. The van der Waals surface area contributed by atoms with Gasteiger partial charge in [0.1, 0.15) is 17.3 Å². The van der Waals surface area contributed by atoms with Crippen molar-refractivity contribution in [1.82, 2.24) is 20.4 Å². The fraction of sp³-hybridized carbons (Fsp3) is 0.412. The van der Waals surface area contributed by atoms with Gasteiger partial charge in [0, 0.05) is 24.8 Å². The third-order valence-electron chi connectivity index (χ3n) is 5.05. The van der Waals surface area contributed by atoms with E-state index >= 15 is 0 Å². The summed E-state index contributed by atoms with van der Waals surface area (Å²) in [6, 6.07) is 4.79. The summed E-state index contributed by atoms with van der Waals surface area (Å²) >= 11 is 0. The first-order valence-electron chi connectivity index (χ1n) is 8.14. The number of hydrogen-bond acceptors (Lipinski definition) is 3. The Balaban J connectivity index is 1.50. The lowest BCUT2D eigenvalue weighted by molar-refractivity contribution is 0.0922. The molecule has 2 heterocycles. The SMILES string of the molecule is O=C(NC1CCC2CNCC21)c1ccn(-c2cc(F)ccc2F)n1. The highest BCUT2D eigenvalue weighted by molar-refractivity contribution is 5.92. The Hall–Kier alpha value is -2.28. The first-order chi connectivity index (χ1) is 11.6. The molecule has 3 unspecified atom stereocenters. The average molecular weight is 332 g/mol. The minimum absolute atomic E-state index is 0.0185. The predicted octanol–water partition coefficient (Wildman–Crippen LogP) is 1.88. The van der Waals surface area contributed by atoms with Gasteiger partial charge in [0.15, 0.2) is 5.69 Å². The van der Waals surface area contributed by atoms with Crippen LogP contribution in [0, 0.1) is 23.5 Å². The van der Waals surface area contributed by atoms with Gasteiger partial charge in [-0.1, -0.05) is 0 Å². The van der Waals surface area contributed by atoms with E-state index in [0.717, 1.165) is 44.1 Å². The molecular weight excluding hydrogens is 314 g/mol. The maximum absolute atomic E-state index is 13.8. The molecule has 4 rings (SSSR count). The van der Waals surface area contributed by atoms with E-state index < -0.39 is 11.6 Å². The van der Waals surface area contributed by atoms with Gasteiger partial charge in [-0.2, -0.15) is 5.10 Å².